The molecule has 1 saturated heterocycles. The summed E-state index contributed by atoms with van der Waals surface area (Å²) in [4.78, 5) is 43.0. The van der Waals surface area contributed by atoms with Gasteiger partial charge in [0.15, 0.2) is 6.04 Å². The molecule has 0 saturated carbocycles. The Morgan fingerprint density at radius 2 is 2.04 bits per heavy atom. The second-order valence-corrected chi connectivity index (χ2v) is 6.95. The smallest absolute Gasteiger partial charge is 0.328 e. The molecule has 2 aromatic rings. The first-order chi connectivity index (χ1) is 13.1. The van der Waals surface area contributed by atoms with Crippen LogP contribution >= 0.6 is 0 Å². The first-order valence-corrected chi connectivity index (χ1v) is 9.21. The number of carboxylic acid groups (broad SMARTS) is 1. The Bertz CT molecular complexity index is 968. The topological polar surface area (TPSA) is 102 Å². The number of hydrogen-bond acceptors (Lipinski definition) is 5. The van der Waals surface area contributed by atoms with Gasteiger partial charge in [0.2, 0.25) is 0 Å². The minimum Gasteiger partial charge on any atom is -0.480 e. The third-order valence-electron chi connectivity index (χ3n) is 5.24. The molecule has 1 atom stereocenters. The Morgan fingerprint density at radius 1 is 1.19 bits per heavy atom. The number of aromatic nitrogens is 2. The van der Waals surface area contributed by atoms with Crippen LogP contribution in [-0.4, -0.2) is 57.2 Å². The molecule has 4 rings (SSSR count). The van der Waals surface area contributed by atoms with Gasteiger partial charge in [-0.1, -0.05) is 6.42 Å². The molecule has 8 heteroatoms. The fourth-order valence-corrected chi connectivity index (χ4v) is 3.77. The summed E-state index contributed by atoms with van der Waals surface area (Å²) >= 11 is 0. The predicted molar refractivity (Wildman–Crippen MR) is 96.8 cm³/mol. The maximum Gasteiger partial charge on any atom is 0.328 e. The van der Waals surface area contributed by atoms with E-state index in [1.807, 2.05) is 0 Å². The van der Waals surface area contributed by atoms with Crippen LogP contribution in [0, 0.1) is 0 Å². The number of carboxylic acids is 1. The van der Waals surface area contributed by atoms with E-state index in [9.17, 15) is 19.5 Å². The minimum absolute atomic E-state index is 0.0260. The summed E-state index contributed by atoms with van der Waals surface area (Å²) in [6.07, 6.45) is 3.76. The van der Waals surface area contributed by atoms with Gasteiger partial charge < -0.3 is 14.7 Å². The van der Waals surface area contributed by atoms with Crippen molar-refractivity contribution < 1.29 is 19.4 Å². The molecule has 27 heavy (non-hydrogen) atoms. The molecule has 1 amide bonds. The Kier molecular flexibility index (Phi) is 4.65. The highest BCUT2D eigenvalue weighted by Crippen LogP contribution is 2.19. The first kappa shape index (κ1) is 17.7. The largest absolute Gasteiger partial charge is 0.480 e. The number of morpholine rings is 1. The monoisotopic (exact) mass is 371 g/mol. The van der Waals surface area contributed by atoms with E-state index in [0.29, 0.717) is 29.6 Å². The normalized spacial score (nSPS) is 20.1. The third kappa shape index (κ3) is 3.21. The number of rotatable bonds is 2. The molecule has 0 aliphatic carbocycles. The minimum atomic E-state index is -1.09. The van der Waals surface area contributed by atoms with Crippen LogP contribution in [0.4, 0.5) is 0 Å². The molecule has 2 aliphatic heterocycles. The SMILES string of the molecule is O=C(O)C1COCCN1C(=O)c1ccc2c(=O)n3c(nc2c1)CCCCC3. The second kappa shape index (κ2) is 7.11. The lowest BCUT2D eigenvalue weighted by Gasteiger charge is -2.32. The van der Waals surface area contributed by atoms with Gasteiger partial charge in [-0.15, -0.1) is 0 Å². The van der Waals surface area contributed by atoms with Crippen LogP contribution in [0.3, 0.4) is 0 Å². The number of nitrogens with zero attached hydrogens (tertiary/aromatic N) is 3. The van der Waals surface area contributed by atoms with Crippen molar-refractivity contribution in [2.75, 3.05) is 19.8 Å². The molecule has 1 unspecified atom stereocenters. The van der Waals surface area contributed by atoms with E-state index in [1.165, 1.54) is 4.90 Å². The molecule has 1 fully saturated rings. The Hall–Kier alpha value is -2.74. The number of amides is 1. The number of carbonyl (C=O) groups is 2. The van der Waals surface area contributed by atoms with Gasteiger partial charge in [0, 0.05) is 25.1 Å². The van der Waals surface area contributed by atoms with Crippen molar-refractivity contribution in [1.82, 2.24) is 14.5 Å². The van der Waals surface area contributed by atoms with Crippen molar-refractivity contribution in [2.24, 2.45) is 0 Å². The summed E-state index contributed by atoms with van der Waals surface area (Å²) in [7, 11) is 0. The number of carbonyl (C=O) groups excluding carboxylic acids is 1. The van der Waals surface area contributed by atoms with Gasteiger partial charge in [0.05, 0.1) is 24.1 Å². The summed E-state index contributed by atoms with van der Waals surface area (Å²) in [6, 6.07) is 3.78. The molecular weight excluding hydrogens is 350 g/mol. The molecule has 1 N–H and O–H groups in total. The molecule has 8 nitrogen and oxygen atoms in total. The highest BCUT2D eigenvalue weighted by molar-refractivity contribution is 5.99. The maximum atomic E-state index is 12.9. The van der Waals surface area contributed by atoms with Crippen molar-refractivity contribution >= 4 is 22.8 Å². The molecule has 1 aromatic heterocycles. The van der Waals surface area contributed by atoms with Crippen molar-refractivity contribution in [1.29, 1.82) is 0 Å². The number of aliphatic carboxylic acids is 1. The Morgan fingerprint density at radius 3 is 2.85 bits per heavy atom. The van der Waals surface area contributed by atoms with Crippen molar-refractivity contribution in [2.45, 2.75) is 38.3 Å². The van der Waals surface area contributed by atoms with Gasteiger partial charge in [-0.2, -0.15) is 0 Å². The van der Waals surface area contributed by atoms with E-state index in [-0.39, 0.29) is 24.6 Å². The van der Waals surface area contributed by atoms with Gasteiger partial charge in [-0.25, -0.2) is 9.78 Å². The zero-order chi connectivity index (χ0) is 19.0. The maximum absolute atomic E-state index is 12.9. The van der Waals surface area contributed by atoms with Crippen LogP contribution in [0.5, 0.6) is 0 Å². The highest BCUT2D eigenvalue weighted by atomic mass is 16.5. The van der Waals surface area contributed by atoms with Crippen molar-refractivity contribution in [3.05, 3.63) is 39.9 Å². The van der Waals surface area contributed by atoms with Crippen molar-refractivity contribution in [3.8, 4) is 0 Å². The fourth-order valence-electron chi connectivity index (χ4n) is 3.77. The van der Waals surface area contributed by atoms with Crippen molar-refractivity contribution in [3.63, 3.8) is 0 Å². The van der Waals surface area contributed by atoms with Gasteiger partial charge >= 0.3 is 5.97 Å². The number of fused-ring (bicyclic) bond motifs is 2. The van der Waals surface area contributed by atoms with Gasteiger partial charge in [0.1, 0.15) is 5.82 Å². The summed E-state index contributed by atoms with van der Waals surface area (Å²) in [5.74, 6) is -0.723. The summed E-state index contributed by atoms with van der Waals surface area (Å²) in [5, 5.41) is 9.82. The third-order valence-corrected chi connectivity index (χ3v) is 5.24. The molecule has 3 heterocycles. The fraction of sp³-hybridized carbons (Fsp3) is 0.474. The quantitative estimate of drug-likeness (QED) is 0.847. The molecule has 0 bridgehead atoms. The predicted octanol–water partition coefficient (Wildman–Crippen LogP) is 1.05. The second-order valence-electron chi connectivity index (χ2n) is 6.95. The summed E-state index contributed by atoms with van der Waals surface area (Å²) in [5.41, 5.74) is 0.742. The average Bonchev–Trinajstić information content (AvgIpc) is 2.93. The van der Waals surface area contributed by atoms with E-state index in [0.717, 1.165) is 31.5 Å². The molecule has 0 spiro atoms. The zero-order valence-corrected chi connectivity index (χ0v) is 14.9. The van der Waals surface area contributed by atoms with E-state index in [1.54, 1.807) is 22.8 Å². The Balaban J connectivity index is 1.74. The molecular formula is C19H21N3O5. The van der Waals surface area contributed by atoms with Crippen LogP contribution in [0.25, 0.3) is 10.9 Å². The average molecular weight is 371 g/mol. The number of ether oxygens (including phenoxy) is 1. The summed E-state index contributed by atoms with van der Waals surface area (Å²) < 4.78 is 6.92. The van der Waals surface area contributed by atoms with Crippen LogP contribution in [-0.2, 0) is 22.5 Å². The lowest BCUT2D eigenvalue weighted by atomic mass is 10.1. The van der Waals surface area contributed by atoms with Crippen LogP contribution < -0.4 is 5.56 Å². The van der Waals surface area contributed by atoms with Crippen LogP contribution in [0.1, 0.15) is 35.4 Å². The van der Waals surface area contributed by atoms with Gasteiger partial charge in [-0.3, -0.25) is 14.2 Å². The molecule has 1 aromatic carbocycles. The van der Waals surface area contributed by atoms with E-state index in [4.69, 9.17) is 4.74 Å². The number of hydrogen-bond donors (Lipinski definition) is 1. The summed E-state index contributed by atoms with van der Waals surface area (Å²) in [6.45, 7) is 1.16. The zero-order valence-electron chi connectivity index (χ0n) is 14.9. The van der Waals surface area contributed by atoms with Gasteiger partial charge in [0.25, 0.3) is 11.5 Å². The standard InChI is InChI=1S/C19H21N3O5/c23-17(21-8-9-27-11-15(21)19(25)26)12-5-6-13-14(10-12)20-16-4-2-1-3-7-22(16)18(13)24/h5-6,10,15H,1-4,7-9,11H2,(H,25,26). The van der Waals surface area contributed by atoms with Crippen LogP contribution in [0.15, 0.2) is 23.0 Å². The highest BCUT2D eigenvalue weighted by Gasteiger charge is 2.33. The first-order valence-electron chi connectivity index (χ1n) is 9.21. The van der Waals surface area contributed by atoms with Gasteiger partial charge in [-0.05, 0) is 31.0 Å². The Labute approximate surface area is 155 Å². The van der Waals surface area contributed by atoms with E-state index >= 15 is 0 Å². The molecule has 0 radical (unpaired) electrons. The number of benzene rings is 1. The lowest BCUT2D eigenvalue weighted by molar-refractivity contribution is -0.147. The number of aryl methyl sites for hydroxylation is 1. The molecule has 142 valence electrons. The van der Waals surface area contributed by atoms with Crippen LogP contribution in [0.2, 0.25) is 0 Å². The molecule has 2 aliphatic rings. The van der Waals surface area contributed by atoms with E-state index < -0.39 is 12.0 Å². The van der Waals surface area contributed by atoms with E-state index in [2.05, 4.69) is 4.98 Å². The lowest BCUT2D eigenvalue weighted by Crippen LogP contribution is -2.52.